The first-order chi connectivity index (χ1) is 14.1. The van der Waals surface area contributed by atoms with Crippen LogP contribution in [0.1, 0.15) is 23.7 Å². The number of pyridine rings is 1. The highest BCUT2D eigenvalue weighted by molar-refractivity contribution is 5.99. The molecule has 1 fully saturated rings. The van der Waals surface area contributed by atoms with Crippen molar-refractivity contribution in [1.29, 1.82) is 0 Å². The average Bonchev–Trinajstić information content (AvgIpc) is 2.95. The fourth-order valence-corrected chi connectivity index (χ4v) is 3.33. The maximum atomic E-state index is 14.0. The Balaban J connectivity index is 1.69. The smallest absolute Gasteiger partial charge is 0.257 e. The molecule has 1 aromatic heterocycles. The van der Waals surface area contributed by atoms with Crippen molar-refractivity contribution in [2.45, 2.75) is 13.3 Å². The van der Waals surface area contributed by atoms with Gasteiger partial charge in [-0.25, -0.2) is 9.37 Å². The summed E-state index contributed by atoms with van der Waals surface area (Å²) in [5.41, 5.74) is 0.664. The number of carbonyl (C=O) groups excluding carboxylic acids is 2. The van der Waals surface area contributed by atoms with Gasteiger partial charge >= 0.3 is 0 Å². The molecule has 1 aliphatic heterocycles. The largest absolute Gasteiger partial charge is 0.355 e. The van der Waals surface area contributed by atoms with Crippen molar-refractivity contribution in [2.75, 3.05) is 44.6 Å². The summed E-state index contributed by atoms with van der Waals surface area (Å²) in [6.45, 7) is 5.33. The molecule has 2 amide bonds. The van der Waals surface area contributed by atoms with E-state index in [-0.39, 0.29) is 17.5 Å². The Labute approximate surface area is 169 Å². The lowest BCUT2D eigenvalue weighted by atomic mass is 10.2. The number of hydrogen-bond donors (Lipinski definition) is 2. The standard InChI is InChI=1S/C21H26FN5O2/c1-2-23-19(28)15-26-11-6-12-27(14-13-26)21(29)16-7-5-10-24-20(16)25-18-9-4-3-8-17(18)22/h3-5,7-10H,2,6,11-15H2,1H3,(H,23,28)(H,24,25). The van der Waals surface area contributed by atoms with Crippen molar-refractivity contribution in [1.82, 2.24) is 20.1 Å². The van der Waals surface area contributed by atoms with Crippen LogP contribution in [0.15, 0.2) is 42.6 Å². The molecule has 0 saturated carbocycles. The fourth-order valence-electron chi connectivity index (χ4n) is 3.33. The molecule has 1 saturated heterocycles. The van der Waals surface area contributed by atoms with Gasteiger partial charge in [0.1, 0.15) is 11.6 Å². The lowest BCUT2D eigenvalue weighted by molar-refractivity contribution is -0.122. The van der Waals surface area contributed by atoms with Crippen LogP contribution in [0.25, 0.3) is 0 Å². The second-order valence-corrected chi connectivity index (χ2v) is 6.88. The number of rotatable bonds is 6. The molecule has 29 heavy (non-hydrogen) atoms. The predicted molar refractivity (Wildman–Crippen MR) is 110 cm³/mol. The molecule has 0 bridgehead atoms. The van der Waals surface area contributed by atoms with E-state index in [0.717, 1.165) is 13.0 Å². The molecule has 0 aliphatic carbocycles. The van der Waals surface area contributed by atoms with Gasteiger partial charge in [0.25, 0.3) is 5.91 Å². The Hall–Kier alpha value is -3.00. The van der Waals surface area contributed by atoms with E-state index in [1.54, 1.807) is 41.4 Å². The van der Waals surface area contributed by atoms with Crippen LogP contribution in [0, 0.1) is 5.82 Å². The van der Waals surface area contributed by atoms with E-state index in [1.807, 2.05) is 6.92 Å². The van der Waals surface area contributed by atoms with E-state index < -0.39 is 5.82 Å². The second kappa shape index (κ2) is 9.97. The van der Waals surface area contributed by atoms with Crippen molar-refractivity contribution in [3.05, 3.63) is 54.0 Å². The van der Waals surface area contributed by atoms with Crippen LogP contribution in [0.4, 0.5) is 15.9 Å². The summed E-state index contributed by atoms with van der Waals surface area (Å²) >= 11 is 0. The average molecular weight is 399 g/mol. The van der Waals surface area contributed by atoms with Gasteiger partial charge < -0.3 is 15.5 Å². The van der Waals surface area contributed by atoms with Crippen LogP contribution in [-0.2, 0) is 4.79 Å². The number of likely N-dealkylation sites (N-methyl/N-ethyl adjacent to an activating group) is 1. The third-order valence-electron chi connectivity index (χ3n) is 4.78. The van der Waals surface area contributed by atoms with Crippen LogP contribution < -0.4 is 10.6 Å². The number of anilines is 2. The molecule has 0 radical (unpaired) electrons. The van der Waals surface area contributed by atoms with Crippen LogP contribution in [0.2, 0.25) is 0 Å². The van der Waals surface area contributed by atoms with Crippen LogP contribution in [0.3, 0.4) is 0 Å². The summed E-state index contributed by atoms with van der Waals surface area (Å²) in [6, 6.07) is 9.66. The van der Waals surface area contributed by atoms with E-state index in [4.69, 9.17) is 0 Å². The van der Waals surface area contributed by atoms with Crippen LogP contribution >= 0.6 is 0 Å². The summed E-state index contributed by atoms with van der Waals surface area (Å²) in [5, 5.41) is 5.73. The first kappa shape index (κ1) is 20.7. The van der Waals surface area contributed by atoms with Gasteiger partial charge in [-0.2, -0.15) is 0 Å². The second-order valence-electron chi connectivity index (χ2n) is 6.88. The Morgan fingerprint density at radius 3 is 2.72 bits per heavy atom. The number of benzene rings is 1. The molecule has 2 aromatic rings. The Morgan fingerprint density at radius 1 is 1.10 bits per heavy atom. The number of para-hydroxylation sites is 1. The quantitative estimate of drug-likeness (QED) is 0.779. The highest BCUT2D eigenvalue weighted by Gasteiger charge is 2.23. The van der Waals surface area contributed by atoms with Gasteiger partial charge in [0.05, 0.1) is 17.8 Å². The molecule has 7 nitrogen and oxygen atoms in total. The highest BCUT2D eigenvalue weighted by Crippen LogP contribution is 2.22. The number of carbonyl (C=O) groups is 2. The third-order valence-corrected chi connectivity index (χ3v) is 4.78. The number of halogens is 1. The lowest BCUT2D eigenvalue weighted by Crippen LogP contribution is -2.40. The number of nitrogens with zero attached hydrogens (tertiary/aromatic N) is 3. The summed E-state index contributed by atoms with van der Waals surface area (Å²) in [4.78, 5) is 33.0. The molecule has 2 N–H and O–H groups in total. The summed E-state index contributed by atoms with van der Waals surface area (Å²) in [5.74, 6) is -0.244. The van der Waals surface area contributed by atoms with E-state index in [1.165, 1.54) is 6.07 Å². The summed E-state index contributed by atoms with van der Waals surface area (Å²) < 4.78 is 14.0. The number of aromatic nitrogens is 1. The minimum atomic E-state index is -0.410. The molecule has 154 valence electrons. The fraction of sp³-hybridized carbons (Fsp3) is 0.381. The van der Waals surface area contributed by atoms with Gasteiger partial charge in [0.15, 0.2) is 0 Å². The van der Waals surface area contributed by atoms with E-state index >= 15 is 0 Å². The minimum absolute atomic E-state index is 0.00379. The van der Waals surface area contributed by atoms with Gasteiger partial charge in [-0.3, -0.25) is 14.5 Å². The predicted octanol–water partition coefficient (Wildman–Crippen LogP) is 2.25. The Morgan fingerprint density at radius 2 is 1.93 bits per heavy atom. The first-order valence-electron chi connectivity index (χ1n) is 9.83. The van der Waals surface area contributed by atoms with Crippen molar-refractivity contribution in [3.8, 4) is 0 Å². The van der Waals surface area contributed by atoms with Gasteiger partial charge in [0, 0.05) is 38.9 Å². The van der Waals surface area contributed by atoms with Crippen LogP contribution in [0.5, 0.6) is 0 Å². The lowest BCUT2D eigenvalue weighted by Gasteiger charge is -2.22. The van der Waals surface area contributed by atoms with Crippen molar-refractivity contribution >= 4 is 23.3 Å². The van der Waals surface area contributed by atoms with E-state index in [2.05, 4.69) is 20.5 Å². The molecule has 8 heteroatoms. The molecule has 0 atom stereocenters. The molecule has 0 spiro atoms. The van der Waals surface area contributed by atoms with E-state index in [0.29, 0.717) is 44.1 Å². The number of nitrogens with one attached hydrogen (secondary N) is 2. The topological polar surface area (TPSA) is 77.6 Å². The van der Waals surface area contributed by atoms with E-state index in [9.17, 15) is 14.0 Å². The molecule has 1 aromatic carbocycles. The Kier molecular flexibility index (Phi) is 7.13. The normalized spacial score (nSPS) is 14.9. The highest BCUT2D eigenvalue weighted by atomic mass is 19.1. The van der Waals surface area contributed by atoms with Crippen molar-refractivity contribution < 1.29 is 14.0 Å². The molecule has 3 rings (SSSR count). The molecular weight excluding hydrogens is 373 g/mol. The van der Waals surface area contributed by atoms with Gasteiger partial charge in [-0.15, -0.1) is 0 Å². The Bertz CT molecular complexity index is 860. The van der Waals surface area contributed by atoms with Crippen LogP contribution in [-0.4, -0.2) is 65.9 Å². The summed E-state index contributed by atoms with van der Waals surface area (Å²) in [6.07, 6.45) is 2.35. The maximum Gasteiger partial charge on any atom is 0.257 e. The minimum Gasteiger partial charge on any atom is -0.355 e. The maximum absolute atomic E-state index is 14.0. The zero-order valence-corrected chi connectivity index (χ0v) is 16.5. The zero-order valence-electron chi connectivity index (χ0n) is 16.5. The monoisotopic (exact) mass is 399 g/mol. The number of amides is 2. The van der Waals surface area contributed by atoms with Gasteiger partial charge in [-0.05, 0) is 37.6 Å². The first-order valence-corrected chi connectivity index (χ1v) is 9.83. The third kappa shape index (κ3) is 5.51. The van der Waals surface area contributed by atoms with Crippen molar-refractivity contribution in [3.63, 3.8) is 0 Å². The zero-order chi connectivity index (χ0) is 20.6. The van der Waals surface area contributed by atoms with Crippen molar-refractivity contribution in [2.24, 2.45) is 0 Å². The SMILES string of the molecule is CCNC(=O)CN1CCCN(C(=O)c2cccnc2Nc2ccccc2F)CC1. The van der Waals surface area contributed by atoms with Gasteiger partial charge in [0.2, 0.25) is 5.91 Å². The number of hydrogen-bond acceptors (Lipinski definition) is 5. The summed E-state index contributed by atoms with van der Waals surface area (Å²) in [7, 11) is 0. The molecule has 2 heterocycles. The van der Waals surface area contributed by atoms with Gasteiger partial charge in [-0.1, -0.05) is 12.1 Å². The molecule has 0 unspecified atom stereocenters. The molecule has 1 aliphatic rings. The molecular formula is C21H26FN5O2.